The molecule has 0 saturated heterocycles. The molecule has 0 heterocycles. The lowest BCUT2D eigenvalue weighted by Gasteiger charge is -2.06. The van der Waals surface area contributed by atoms with Gasteiger partial charge in [0, 0.05) is 16.6 Å². The Morgan fingerprint density at radius 3 is 2.39 bits per heavy atom. The van der Waals surface area contributed by atoms with Crippen LogP contribution in [0.25, 0.3) is 0 Å². The lowest BCUT2D eigenvalue weighted by Crippen LogP contribution is -2.25. The first-order chi connectivity index (χ1) is 8.77. The third-order valence-electron chi connectivity index (χ3n) is 2.67. The Morgan fingerprint density at radius 2 is 1.67 bits per heavy atom. The molecule has 0 aliphatic rings. The summed E-state index contributed by atoms with van der Waals surface area (Å²) in [6.45, 7) is 0.635. The Balaban J connectivity index is 1.86. The van der Waals surface area contributed by atoms with Gasteiger partial charge >= 0.3 is 0 Å². The van der Waals surface area contributed by atoms with Gasteiger partial charge in [0.1, 0.15) is 0 Å². The molecule has 0 atom stereocenters. The Labute approximate surface area is 115 Å². The van der Waals surface area contributed by atoms with Crippen LogP contribution in [0.5, 0.6) is 0 Å². The number of halogens is 1. The van der Waals surface area contributed by atoms with Crippen molar-refractivity contribution in [2.24, 2.45) is 0 Å². The fourth-order valence-electron chi connectivity index (χ4n) is 1.70. The van der Waals surface area contributed by atoms with Crippen molar-refractivity contribution in [1.29, 1.82) is 0 Å². The van der Waals surface area contributed by atoms with E-state index in [9.17, 15) is 4.79 Å². The smallest absolute Gasteiger partial charge is 0.251 e. The minimum atomic E-state index is -0.0253. The van der Waals surface area contributed by atoms with Crippen molar-refractivity contribution < 1.29 is 4.79 Å². The maximum atomic E-state index is 11.8. The first kappa shape index (κ1) is 12.8. The second-order valence-electron chi connectivity index (χ2n) is 3.96. The van der Waals surface area contributed by atoms with Crippen LogP contribution in [-0.4, -0.2) is 12.5 Å². The molecule has 0 aromatic heterocycles. The molecule has 18 heavy (non-hydrogen) atoms. The van der Waals surface area contributed by atoms with Crippen LogP contribution in [0.3, 0.4) is 0 Å². The molecular weight excluding hydrogens is 290 g/mol. The second kappa shape index (κ2) is 6.36. The highest BCUT2D eigenvalue weighted by Gasteiger charge is 2.04. The summed E-state index contributed by atoms with van der Waals surface area (Å²) in [4.78, 5) is 11.8. The Hall–Kier alpha value is -1.61. The van der Waals surface area contributed by atoms with Gasteiger partial charge < -0.3 is 5.32 Å². The van der Waals surface area contributed by atoms with Crippen molar-refractivity contribution in [3.8, 4) is 0 Å². The summed E-state index contributed by atoms with van der Waals surface area (Å²) < 4.78 is 1.08. The highest BCUT2D eigenvalue weighted by atomic mass is 79.9. The predicted molar refractivity (Wildman–Crippen MR) is 76.6 cm³/mol. The van der Waals surface area contributed by atoms with Crippen molar-refractivity contribution in [3.63, 3.8) is 0 Å². The normalized spacial score (nSPS) is 10.1. The molecule has 0 bridgehead atoms. The Bertz CT molecular complexity index is 525. The zero-order valence-electron chi connectivity index (χ0n) is 9.90. The van der Waals surface area contributed by atoms with Gasteiger partial charge in [0.25, 0.3) is 5.91 Å². The highest BCUT2D eigenvalue weighted by molar-refractivity contribution is 9.10. The second-order valence-corrected chi connectivity index (χ2v) is 4.82. The molecule has 2 rings (SSSR count). The van der Waals surface area contributed by atoms with Crippen LogP contribution in [0.1, 0.15) is 15.9 Å². The average molecular weight is 304 g/mol. The molecule has 92 valence electrons. The summed E-state index contributed by atoms with van der Waals surface area (Å²) in [6.07, 6.45) is 0.819. The van der Waals surface area contributed by atoms with Crippen LogP contribution in [0.4, 0.5) is 0 Å². The molecule has 0 fully saturated rings. The molecule has 0 spiro atoms. The van der Waals surface area contributed by atoms with Gasteiger partial charge in [-0.05, 0) is 30.2 Å². The number of carbonyl (C=O) groups excluding carboxylic acids is 1. The van der Waals surface area contributed by atoms with Crippen LogP contribution in [0, 0.1) is 0 Å². The number of rotatable bonds is 4. The van der Waals surface area contributed by atoms with Crippen molar-refractivity contribution in [2.75, 3.05) is 6.54 Å². The van der Waals surface area contributed by atoms with Gasteiger partial charge in [-0.3, -0.25) is 4.79 Å². The van der Waals surface area contributed by atoms with Crippen molar-refractivity contribution in [3.05, 3.63) is 70.2 Å². The molecule has 1 N–H and O–H groups in total. The molecule has 3 heteroatoms. The minimum Gasteiger partial charge on any atom is -0.352 e. The molecule has 2 aromatic rings. The van der Waals surface area contributed by atoms with E-state index in [-0.39, 0.29) is 5.91 Å². The number of carbonyl (C=O) groups is 1. The predicted octanol–water partition coefficient (Wildman–Crippen LogP) is 3.42. The standard InChI is InChI=1S/C15H14BrNO/c16-14-9-5-4-6-12(14)10-11-17-15(18)13-7-2-1-3-8-13/h1-9H,10-11H2,(H,17,18). The lowest BCUT2D eigenvalue weighted by molar-refractivity contribution is 0.0954. The van der Waals surface area contributed by atoms with Gasteiger partial charge in [0.05, 0.1) is 0 Å². The van der Waals surface area contributed by atoms with Crippen LogP contribution >= 0.6 is 15.9 Å². The topological polar surface area (TPSA) is 29.1 Å². The zero-order chi connectivity index (χ0) is 12.8. The van der Waals surface area contributed by atoms with Gasteiger partial charge in [0.2, 0.25) is 0 Å². The average Bonchev–Trinajstić information content (AvgIpc) is 2.42. The first-order valence-electron chi connectivity index (χ1n) is 5.84. The fourth-order valence-corrected chi connectivity index (χ4v) is 2.19. The van der Waals surface area contributed by atoms with Gasteiger partial charge in [0.15, 0.2) is 0 Å². The van der Waals surface area contributed by atoms with Gasteiger partial charge in [-0.15, -0.1) is 0 Å². The first-order valence-corrected chi connectivity index (χ1v) is 6.63. The lowest BCUT2D eigenvalue weighted by atomic mass is 10.1. The van der Waals surface area contributed by atoms with E-state index in [0.717, 1.165) is 10.9 Å². The summed E-state index contributed by atoms with van der Waals surface area (Å²) in [5.41, 5.74) is 1.90. The summed E-state index contributed by atoms with van der Waals surface area (Å²) >= 11 is 3.50. The highest BCUT2D eigenvalue weighted by Crippen LogP contribution is 2.15. The van der Waals surface area contributed by atoms with Crippen molar-refractivity contribution in [1.82, 2.24) is 5.32 Å². The molecule has 2 aromatic carbocycles. The molecule has 0 aliphatic heterocycles. The fraction of sp³-hybridized carbons (Fsp3) is 0.133. The largest absolute Gasteiger partial charge is 0.352 e. The van der Waals surface area contributed by atoms with E-state index in [1.165, 1.54) is 5.56 Å². The summed E-state index contributed by atoms with van der Waals surface area (Å²) in [5, 5.41) is 2.91. The minimum absolute atomic E-state index is 0.0253. The van der Waals surface area contributed by atoms with Crippen molar-refractivity contribution >= 4 is 21.8 Å². The van der Waals surface area contributed by atoms with Crippen LogP contribution in [0.15, 0.2) is 59.1 Å². The van der Waals surface area contributed by atoms with E-state index in [0.29, 0.717) is 12.1 Å². The SMILES string of the molecule is O=C(NCCc1ccccc1Br)c1ccccc1. The van der Waals surface area contributed by atoms with E-state index in [1.54, 1.807) is 0 Å². The molecule has 0 unspecified atom stereocenters. The van der Waals surface area contributed by atoms with Gasteiger partial charge in [-0.1, -0.05) is 52.3 Å². The molecule has 0 saturated carbocycles. The molecule has 2 nitrogen and oxygen atoms in total. The quantitative estimate of drug-likeness (QED) is 0.921. The summed E-state index contributed by atoms with van der Waals surface area (Å²) in [6, 6.07) is 17.3. The van der Waals surface area contributed by atoms with Crippen molar-refractivity contribution in [2.45, 2.75) is 6.42 Å². The third-order valence-corrected chi connectivity index (χ3v) is 3.45. The van der Waals surface area contributed by atoms with Crippen LogP contribution in [0.2, 0.25) is 0 Å². The third kappa shape index (κ3) is 3.44. The number of benzene rings is 2. The van der Waals surface area contributed by atoms with E-state index in [2.05, 4.69) is 27.3 Å². The van der Waals surface area contributed by atoms with Crippen LogP contribution in [-0.2, 0) is 6.42 Å². The maximum Gasteiger partial charge on any atom is 0.251 e. The zero-order valence-corrected chi connectivity index (χ0v) is 11.5. The van der Waals surface area contributed by atoms with E-state index < -0.39 is 0 Å². The summed E-state index contributed by atoms with van der Waals surface area (Å²) in [5.74, 6) is -0.0253. The molecule has 0 radical (unpaired) electrons. The van der Waals surface area contributed by atoms with Gasteiger partial charge in [-0.25, -0.2) is 0 Å². The van der Waals surface area contributed by atoms with E-state index in [4.69, 9.17) is 0 Å². The molecular formula is C15H14BrNO. The number of hydrogen-bond acceptors (Lipinski definition) is 1. The maximum absolute atomic E-state index is 11.8. The molecule has 1 amide bonds. The van der Waals surface area contributed by atoms with E-state index >= 15 is 0 Å². The van der Waals surface area contributed by atoms with Gasteiger partial charge in [-0.2, -0.15) is 0 Å². The van der Waals surface area contributed by atoms with E-state index in [1.807, 2.05) is 48.5 Å². The number of hydrogen-bond donors (Lipinski definition) is 1. The Kier molecular flexibility index (Phi) is 4.53. The monoisotopic (exact) mass is 303 g/mol. The van der Waals surface area contributed by atoms with Crippen LogP contribution < -0.4 is 5.32 Å². The molecule has 0 aliphatic carbocycles. The number of nitrogens with one attached hydrogen (secondary N) is 1. The summed E-state index contributed by atoms with van der Waals surface area (Å²) in [7, 11) is 0. The Morgan fingerprint density at radius 1 is 1.00 bits per heavy atom. The number of amides is 1.